The van der Waals surface area contributed by atoms with E-state index in [2.05, 4.69) is 0 Å². The molecule has 1 saturated heterocycles. The van der Waals surface area contributed by atoms with E-state index in [0.29, 0.717) is 24.3 Å². The van der Waals surface area contributed by atoms with Gasteiger partial charge in [-0.3, -0.25) is 4.79 Å². The van der Waals surface area contributed by atoms with Crippen LogP contribution in [0.5, 0.6) is 0 Å². The van der Waals surface area contributed by atoms with Crippen LogP contribution < -0.4 is 5.73 Å². The van der Waals surface area contributed by atoms with Crippen LogP contribution in [0.25, 0.3) is 0 Å². The Labute approximate surface area is 132 Å². The number of hydrogen-bond acceptors (Lipinski definition) is 2. The number of aryl methyl sites for hydroxylation is 1. The summed E-state index contributed by atoms with van der Waals surface area (Å²) in [6, 6.07) is 6.92. The molecule has 1 fully saturated rings. The first-order chi connectivity index (χ1) is 10.5. The second kappa shape index (κ2) is 7.73. The topological polar surface area (TPSA) is 46.3 Å². The van der Waals surface area contributed by atoms with E-state index in [1.54, 1.807) is 12.1 Å². The highest BCUT2D eigenvalue weighted by Gasteiger charge is 2.28. The maximum absolute atomic E-state index is 13.6. The molecule has 22 heavy (non-hydrogen) atoms. The Kier molecular flexibility index (Phi) is 5.95. The zero-order chi connectivity index (χ0) is 16.1. The summed E-state index contributed by atoms with van der Waals surface area (Å²) in [5, 5.41) is 0. The Morgan fingerprint density at radius 3 is 2.82 bits per heavy atom. The summed E-state index contributed by atoms with van der Waals surface area (Å²) < 4.78 is 13.6. The maximum atomic E-state index is 13.6. The van der Waals surface area contributed by atoms with Crippen LogP contribution >= 0.6 is 0 Å². The van der Waals surface area contributed by atoms with Crippen LogP contribution in [-0.2, 0) is 11.2 Å². The molecule has 0 aromatic heterocycles. The van der Waals surface area contributed by atoms with Crippen molar-refractivity contribution in [3.05, 3.63) is 35.6 Å². The van der Waals surface area contributed by atoms with Crippen molar-refractivity contribution >= 4 is 5.91 Å². The first-order valence-corrected chi connectivity index (χ1v) is 8.26. The lowest BCUT2D eigenvalue weighted by molar-refractivity contribution is -0.137. The smallest absolute Gasteiger partial charge is 0.225 e. The highest BCUT2D eigenvalue weighted by molar-refractivity contribution is 5.78. The highest BCUT2D eigenvalue weighted by atomic mass is 19.1. The predicted molar refractivity (Wildman–Crippen MR) is 86.8 cm³/mol. The Morgan fingerprint density at radius 2 is 2.14 bits per heavy atom. The van der Waals surface area contributed by atoms with Gasteiger partial charge in [-0.25, -0.2) is 4.39 Å². The van der Waals surface area contributed by atoms with Crippen LogP contribution in [0.4, 0.5) is 4.39 Å². The summed E-state index contributed by atoms with van der Waals surface area (Å²) in [4.78, 5) is 14.5. The van der Waals surface area contributed by atoms with E-state index in [0.717, 1.165) is 25.9 Å². The van der Waals surface area contributed by atoms with Crippen LogP contribution in [0, 0.1) is 17.7 Å². The number of hydrogen-bond donors (Lipinski definition) is 1. The molecule has 1 aliphatic rings. The number of carbonyl (C=O) groups is 1. The van der Waals surface area contributed by atoms with Gasteiger partial charge in [0.15, 0.2) is 0 Å². The molecule has 0 saturated carbocycles. The minimum atomic E-state index is -0.183. The van der Waals surface area contributed by atoms with E-state index in [4.69, 9.17) is 5.73 Å². The molecule has 3 nitrogen and oxygen atoms in total. The first-order valence-electron chi connectivity index (χ1n) is 8.26. The minimum absolute atomic E-state index is 0.0774. The Bertz CT molecular complexity index is 504. The van der Waals surface area contributed by atoms with E-state index in [1.165, 1.54) is 6.07 Å². The number of amides is 1. The van der Waals surface area contributed by atoms with Gasteiger partial charge in [0.1, 0.15) is 5.82 Å². The second-order valence-electron chi connectivity index (χ2n) is 6.58. The normalized spacial score (nSPS) is 21.5. The average Bonchev–Trinajstić information content (AvgIpc) is 2.53. The van der Waals surface area contributed by atoms with E-state index < -0.39 is 0 Å². The van der Waals surface area contributed by atoms with Crippen LogP contribution in [0.3, 0.4) is 0 Å². The summed E-state index contributed by atoms with van der Waals surface area (Å²) in [6.07, 6.45) is 3.41. The van der Waals surface area contributed by atoms with Gasteiger partial charge in [0.2, 0.25) is 5.91 Å². The Morgan fingerprint density at radius 1 is 1.41 bits per heavy atom. The number of likely N-dealkylation sites (tertiary alicyclic amines) is 1. The fourth-order valence-electron chi connectivity index (χ4n) is 3.15. The standard InChI is InChI=1S/C18H27FN2O/c1-13(9-10-15-6-3-4-8-17(15)19)18(22)21-11-5-7-16(12-21)14(2)20/h3-4,6,8,13-14,16H,5,7,9-12,20H2,1-2H3/t13-,14-,16-/m1/s1. The molecular weight excluding hydrogens is 279 g/mol. The second-order valence-corrected chi connectivity index (χ2v) is 6.58. The fourth-order valence-corrected chi connectivity index (χ4v) is 3.15. The number of piperidine rings is 1. The van der Waals surface area contributed by atoms with Crippen LogP contribution in [0.2, 0.25) is 0 Å². The molecular formula is C18H27FN2O. The molecule has 1 aromatic carbocycles. The van der Waals surface area contributed by atoms with Gasteiger partial charge in [0, 0.05) is 25.0 Å². The lowest BCUT2D eigenvalue weighted by Gasteiger charge is -2.36. The quantitative estimate of drug-likeness (QED) is 0.909. The summed E-state index contributed by atoms with van der Waals surface area (Å²) in [5.74, 6) is 0.321. The summed E-state index contributed by atoms with van der Waals surface area (Å²) in [6.45, 7) is 5.55. The zero-order valence-electron chi connectivity index (χ0n) is 13.6. The van der Waals surface area contributed by atoms with Crippen molar-refractivity contribution in [3.8, 4) is 0 Å². The van der Waals surface area contributed by atoms with Gasteiger partial charge in [-0.2, -0.15) is 0 Å². The molecule has 2 rings (SSSR count). The molecule has 1 aromatic rings. The molecule has 1 heterocycles. The molecule has 2 N–H and O–H groups in total. The molecule has 0 aliphatic carbocycles. The summed E-state index contributed by atoms with van der Waals surface area (Å²) >= 11 is 0. The SMILES string of the molecule is C[C@H](CCc1ccccc1F)C(=O)N1CCC[C@@H]([C@@H](C)N)C1. The van der Waals surface area contributed by atoms with Gasteiger partial charge in [-0.1, -0.05) is 25.1 Å². The number of nitrogens with two attached hydrogens (primary N) is 1. The largest absolute Gasteiger partial charge is 0.342 e. The maximum Gasteiger partial charge on any atom is 0.225 e. The third kappa shape index (κ3) is 4.29. The van der Waals surface area contributed by atoms with E-state index in [9.17, 15) is 9.18 Å². The minimum Gasteiger partial charge on any atom is -0.342 e. The van der Waals surface area contributed by atoms with Crippen LogP contribution in [-0.4, -0.2) is 29.9 Å². The molecule has 3 atom stereocenters. The summed E-state index contributed by atoms with van der Waals surface area (Å²) in [7, 11) is 0. The monoisotopic (exact) mass is 306 g/mol. The summed E-state index contributed by atoms with van der Waals surface area (Å²) in [5.41, 5.74) is 6.67. The molecule has 0 unspecified atom stereocenters. The Hall–Kier alpha value is -1.42. The molecule has 0 bridgehead atoms. The lowest BCUT2D eigenvalue weighted by Crippen LogP contribution is -2.46. The molecule has 1 amide bonds. The van der Waals surface area contributed by atoms with Gasteiger partial charge in [0.05, 0.1) is 0 Å². The van der Waals surface area contributed by atoms with Crippen molar-refractivity contribution < 1.29 is 9.18 Å². The first kappa shape index (κ1) is 16.9. The lowest BCUT2D eigenvalue weighted by atomic mass is 9.91. The van der Waals surface area contributed by atoms with Gasteiger partial charge < -0.3 is 10.6 Å². The van der Waals surface area contributed by atoms with Crippen molar-refractivity contribution in [2.45, 2.75) is 45.6 Å². The third-order valence-electron chi connectivity index (χ3n) is 4.74. The van der Waals surface area contributed by atoms with Gasteiger partial charge >= 0.3 is 0 Å². The van der Waals surface area contributed by atoms with Crippen molar-refractivity contribution in [1.29, 1.82) is 0 Å². The van der Waals surface area contributed by atoms with Crippen molar-refractivity contribution in [3.63, 3.8) is 0 Å². The Balaban J connectivity index is 1.88. The molecule has 0 spiro atoms. The predicted octanol–water partition coefficient (Wildman–Crippen LogP) is 2.98. The van der Waals surface area contributed by atoms with Crippen molar-refractivity contribution in [2.75, 3.05) is 13.1 Å². The van der Waals surface area contributed by atoms with Gasteiger partial charge in [-0.15, -0.1) is 0 Å². The van der Waals surface area contributed by atoms with Crippen molar-refractivity contribution in [1.82, 2.24) is 4.90 Å². The van der Waals surface area contributed by atoms with Gasteiger partial charge in [-0.05, 0) is 50.2 Å². The molecule has 122 valence electrons. The molecule has 1 aliphatic heterocycles. The average molecular weight is 306 g/mol. The molecule has 4 heteroatoms. The number of benzene rings is 1. The number of halogens is 1. The third-order valence-corrected chi connectivity index (χ3v) is 4.74. The zero-order valence-corrected chi connectivity index (χ0v) is 13.6. The number of rotatable bonds is 5. The number of carbonyl (C=O) groups excluding carboxylic acids is 1. The highest BCUT2D eigenvalue weighted by Crippen LogP contribution is 2.22. The fraction of sp³-hybridized carbons (Fsp3) is 0.611. The van der Waals surface area contributed by atoms with E-state index >= 15 is 0 Å². The number of nitrogens with zero attached hydrogens (tertiary/aromatic N) is 1. The van der Waals surface area contributed by atoms with Crippen LogP contribution in [0.15, 0.2) is 24.3 Å². The molecule has 0 radical (unpaired) electrons. The van der Waals surface area contributed by atoms with Crippen LogP contribution in [0.1, 0.15) is 38.7 Å². The van der Waals surface area contributed by atoms with Crippen molar-refractivity contribution in [2.24, 2.45) is 17.6 Å². The van der Waals surface area contributed by atoms with E-state index in [1.807, 2.05) is 24.8 Å². The van der Waals surface area contributed by atoms with Gasteiger partial charge in [0.25, 0.3) is 0 Å². The van der Waals surface area contributed by atoms with E-state index in [-0.39, 0.29) is 23.7 Å².